The van der Waals surface area contributed by atoms with Crippen LogP contribution >= 0.6 is 0 Å². The van der Waals surface area contributed by atoms with Gasteiger partial charge in [-0.1, -0.05) is 12.1 Å². The largest absolute Gasteiger partial charge is 0.497 e. The molecule has 2 fully saturated rings. The zero-order valence-electron chi connectivity index (χ0n) is 12.3. The zero-order valence-corrected chi connectivity index (χ0v) is 12.3. The van der Waals surface area contributed by atoms with Crippen LogP contribution in [0.3, 0.4) is 0 Å². The Hall–Kier alpha value is -1.10. The highest BCUT2D eigenvalue weighted by Crippen LogP contribution is 2.28. The van der Waals surface area contributed by atoms with Crippen LogP contribution < -0.4 is 10.1 Å². The molecule has 2 aliphatic heterocycles. The SMILES string of the molecule is CNC(CN1CC2CCC(C1)O2)c1cccc(OC)c1. The van der Waals surface area contributed by atoms with E-state index in [1.54, 1.807) is 7.11 Å². The van der Waals surface area contributed by atoms with Gasteiger partial charge in [0.15, 0.2) is 0 Å². The van der Waals surface area contributed by atoms with Crippen molar-refractivity contribution in [3.63, 3.8) is 0 Å². The van der Waals surface area contributed by atoms with Crippen molar-refractivity contribution in [3.8, 4) is 5.75 Å². The molecule has 0 radical (unpaired) electrons. The molecule has 4 heteroatoms. The predicted molar refractivity (Wildman–Crippen MR) is 79.1 cm³/mol. The van der Waals surface area contributed by atoms with Crippen molar-refractivity contribution in [3.05, 3.63) is 29.8 Å². The number of ether oxygens (including phenoxy) is 2. The zero-order chi connectivity index (χ0) is 13.9. The monoisotopic (exact) mass is 276 g/mol. The third-order valence-electron chi connectivity index (χ3n) is 4.40. The van der Waals surface area contributed by atoms with Gasteiger partial charge >= 0.3 is 0 Å². The van der Waals surface area contributed by atoms with Crippen LogP contribution in [0.2, 0.25) is 0 Å². The Balaban J connectivity index is 1.67. The van der Waals surface area contributed by atoms with Gasteiger partial charge in [0.05, 0.1) is 19.3 Å². The lowest BCUT2D eigenvalue weighted by Crippen LogP contribution is -2.45. The first kappa shape index (κ1) is 13.9. The molecule has 3 unspecified atom stereocenters. The molecule has 0 aliphatic carbocycles. The minimum atomic E-state index is 0.336. The van der Waals surface area contributed by atoms with E-state index in [1.807, 2.05) is 13.1 Å². The number of hydrogen-bond acceptors (Lipinski definition) is 4. The fourth-order valence-corrected chi connectivity index (χ4v) is 3.33. The Kier molecular flexibility index (Phi) is 4.24. The molecule has 2 bridgehead atoms. The molecule has 0 saturated carbocycles. The standard InChI is InChI=1S/C16H24N2O2/c1-17-16(12-4-3-5-13(8-12)19-2)11-18-9-14-6-7-15(10-18)20-14/h3-5,8,14-17H,6-7,9-11H2,1-2H3. The summed E-state index contributed by atoms with van der Waals surface area (Å²) >= 11 is 0. The van der Waals surface area contributed by atoms with Crippen molar-refractivity contribution in [1.29, 1.82) is 0 Å². The number of likely N-dealkylation sites (N-methyl/N-ethyl adjacent to an activating group) is 1. The minimum absolute atomic E-state index is 0.336. The van der Waals surface area contributed by atoms with Crippen LogP contribution in [0.1, 0.15) is 24.4 Å². The van der Waals surface area contributed by atoms with E-state index < -0.39 is 0 Å². The van der Waals surface area contributed by atoms with Crippen LogP contribution in [-0.4, -0.2) is 50.9 Å². The number of nitrogens with zero attached hydrogens (tertiary/aromatic N) is 1. The van der Waals surface area contributed by atoms with Crippen LogP contribution in [-0.2, 0) is 4.74 Å². The molecule has 2 saturated heterocycles. The number of morpholine rings is 1. The summed E-state index contributed by atoms with van der Waals surface area (Å²) in [5.41, 5.74) is 1.28. The summed E-state index contributed by atoms with van der Waals surface area (Å²) in [6.07, 6.45) is 3.36. The van der Waals surface area contributed by atoms with Crippen LogP contribution in [0, 0.1) is 0 Å². The van der Waals surface area contributed by atoms with E-state index in [1.165, 1.54) is 18.4 Å². The molecule has 2 heterocycles. The minimum Gasteiger partial charge on any atom is -0.497 e. The molecule has 1 aromatic rings. The summed E-state index contributed by atoms with van der Waals surface area (Å²) < 4.78 is 11.2. The number of hydrogen-bond donors (Lipinski definition) is 1. The maximum atomic E-state index is 5.90. The molecule has 0 amide bonds. The van der Waals surface area contributed by atoms with E-state index in [-0.39, 0.29) is 0 Å². The van der Waals surface area contributed by atoms with Gasteiger partial charge in [-0.05, 0) is 37.6 Å². The highest BCUT2D eigenvalue weighted by atomic mass is 16.5. The second-order valence-corrected chi connectivity index (χ2v) is 5.79. The van der Waals surface area contributed by atoms with E-state index in [4.69, 9.17) is 9.47 Å². The molecule has 20 heavy (non-hydrogen) atoms. The van der Waals surface area contributed by atoms with Gasteiger partial charge in [-0.2, -0.15) is 0 Å². The van der Waals surface area contributed by atoms with E-state index >= 15 is 0 Å². The maximum Gasteiger partial charge on any atom is 0.119 e. The topological polar surface area (TPSA) is 33.7 Å². The molecule has 2 aliphatic rings. The lowest BCUT2D eigenvalue weighted by molar-refractivity contribution is -0.0405. The number of methoxy groups -OCH3 is 1. The van der Waals surface area contributed by atoms with Gasteiger partial charge < -0.3 is 14.8 Å². The predicted octanol–water partition coefficient (Wildman–Crippen LogP) is 1.82. The summed E-state index contributed by atoms with van der Waals surface area (Å²) in [7, 11) is 3.74. The summed E-state index contributed by atoms with van der Waals surface area (Å²) in [5.74, 6) is 0.921. The first-order valence-electron chi connectivity index (χ1n) is 7.47. The van der Waals surface area contributed by atoms with Gasteiger partial charge in [0.2, 0.25) is 0 Å². The lowest BCUT2D eigenvalue weighted by atomic mass is 10.1. The average molecular weight is 276 g/mol. The third kappa shape index (κ3) is 2.97. The van der Waals surface area contributed by atoms with E-state index in [2.05, 4.69) is 28.4 Å². The Bertz CT molecular complexity index is 440. The van der Waals surface area contributed by atoms with Crippen LogP contribution in [0.4, 0.5) is 0 Å². The van der Waals surface area contributed by atoms with Gasteiger partial charge in [0, 0.05) is 25.7 Å². The quantitative estimate of drug-likeness (QED) is 0.889. The first-order valence-corrected chi connectivity index (χ1v) is 7.47. The van der Waals surface area contributed by atoms with E-state index in [0.29, 0.717) is 18.2 Å². The van der Waals surface area contributed by atoms with Gasteiger partial charge in [-0.3, -0.25) is 4.90 Å². The van der Waals surface area contributed by atoms with Crippen molar-refractivity contribution in [2.45, 2.75) is 31.1 Å². The van der Waals surface area contributed by atoms with Gasteiger partial charge in [-0.15, -0.1) is 0 Å². The van der Waals surface area contributed by atoms with Gasteiger partial charge in [-0.25, -0.2) is 0 Å². The van der Waals surface area contributed by atoms with E-state index in [9.17, 15) is 0 Å². The molecule has 3 rings (SSSR count). The third-order valence-corrected chi connectivity index (χ3v) is 4.40. The Labute approximate surface area is 121 Å². The number of fused-ring (bicyclic) bond motifs is 2. The highest BCUT2D eigenvalue weighted by Gasteiger charge is 2.34. The molecular weight excluding hydrogens is 252 g/mol. The van der Waals surface area contributed by atoms with Gasteiger partial charge in [0.1, 0.15) is 5.75 Å². The Morgan fingerprint density at radius 1 is 1.35 bits per heavy atom. The normalized spacial score (nSPS) is 27.5. The second kappa shape index (κ2) is 6.12. The molecule has 1 aromatic carbocycles. The maximum absolute atomic E-state index is 5.90. The molecule has 3 atom stereocenters. The second-order valence-electron chi connectivity index (χ2n) is 5.79. The Morgan fingerprint density at radius 3 is 2.75 bits per heavy atom. The fraction of sp³-hybridized carbons (Fsp3) is 0.625. The summed E-state index contributed by atoms with van der Waals surface area (Å²) in [6, 6.07) is 8.67. The summed E-state index contributed by atoms with van der Waals surface area (Å²) in [4.78, 5) is 2.53. The highest BCUT2D eigenvalue weighted by molar-refractivity contribution is 5.30. The smallest absolute Gasteiger partial charge is 0.119 e. The Morgan fingerprint density at radius 2 is 2.10 bits per heavy atom. The van der Waals surface area contributed by atoms with Crippen LogP contribution in [0.5, 0.6) is 5.75 Å². The fourth-order valence-electron chi connectivity index (χ4n) is 3.33. The molecule has 0 spiro atoms. The van der Waals surface area contributed by atoms with Crippen molar-refractivity contribution in [2.24, 2.45) is 0 Å². The van der Waals surface area contributed by atoms with Crippen molar-refractivity contribution in [2.75, 3.05) is 33.8 Å². The van der Waals surface area contributed by atoms with Crippen LogP contribution in [0.15, 0.2) is 24.3 Å². The molecule has 1 N–H and O–H groups in total. The average Bonchev–Trinajstić information content (AvgIpc) is 2.83. The summed E-state index contributed by atoms with van der Waals surface area (Å²) in [6.45, 7) is 3.16. The van der Waals surface area contributed by atoms with Crippen molar-refractivity contribution in [1.82, 2.24) is 10.2 Å². The summed E-state index contributed by atoms with van der Waals surface area (Å²) in [5, 5.41) is 3.43. The molecule has 0 aromatic heterocycles. The molecule has 4 nitrogen and oxygen atoms in total. The van der Waals surface area contributed by atoms with Crippen LogP contribution in [0.25, 0.3) is 0 Å². The molecule has 110 valence electrons. The van der Waals surface area contributed by atoms with Crippen molar-refractivity contribution >= 4 is 0 Å². The number of likely N-dealkylation sites (tertiary alicyclic amines) is 1. The number of nitrogens with one attached hydrogen (secondary N) is 1. The number of rotatable bonds is 5. The van der Waals surface area contributed by atoms with Gasteiger partial charge in [0.25, 0.3) is 0 Å². The van der Waals surface area contributed by atoms with Crippen molar-refractivity contribution < 1.29 is 9.47 Å². The first-order chi connectivity index (χ1) is 9.78. The molecular formula is C16H24N2O2. The number of benzene rings is 1. The lowest BCUT2D eigenvalue weighted by Gasteiger charge is -2.34. The van der Waals surface area contributed by atoms with E-state index in [0.717, 1.165) is 25.4 Å².